The van der Waals surface area contributed by atoms with E-state index in [1.165, 1.54) is 17.0 Å². The van der Waals surface area contributed by atoms with Gasteiger partial charge in [0, 0.05) is 18.3 Å². The molecule has 0 saturated heterocycles. The van der Waals surface area contributed by atoms with Gasteiger partial charge in [-0.25, -0.2) is 9.07 Å². The maximum atomic E-state index is 13.1. The molecular weight excluding hydrogens is 297 g/mol. The maximum absolute atomic E-state index is 13.1. The van der Waals surface area contributed by atoms with Crippen molar-refractivity contribution in [3.8, 4) is 5.69 Å². The molecule has 0 saturated carbocycles. The third-order valence-corrected chi connectivity index (χ3v) is 4.16. The highest BCUT2D eigenvalue weighted by Gasteiger charge is 2.20. The zero-order chi connectivity index (χ0) is 17.1. The van der Waals surface area contributed by atoms with Crippen molar-refractivity contribution in [2.45, 2.75) is 33.2 Å². The number of aromatic nitrogens is 2. The molecule has 6 heteroatoms. The first-order chi connectivity index (χ1) is 10.8. The smallest absolute Gasteiger partial charge is 0.227 e. The fourth-order valence-electron chi connectivity index (χ4n) is 2.41. The Balaban J connectivity index is 2.28. The van der Waals surface area contributed by atoms with E-state index in [1.807, 2.05) is 13.8 Å². The summed E-state index contributed by atoms with van der Waals surface area (Å²) < 4.78 is 14.8. The number of carbonyl (C=O) groups is 1. The van der Waals surface area contributed by atoms with E-state index in [2.05, 4.69) is 5.10 Å². The predicted octanol–water partition coefficient (Wildman–Crippen LogP) is 2.01. The quantitative estimate of drug-likeness (QED) is 0.917. The SMILES string of the molecule is Cc1nn(-c2ccc(F)cc2)c(C)c1CC(=O)N(C)C(C)CO. The highest BCUT2D eigenvalue weighted by molar-refractivity contribution is 5.79. The summed E-state index contributed by atoms with van der Waals surface area (Å²) in [4.78, 5) is 13.9. The third kappa shape index (κ3) is 3.59. The van der Waals surface area contributed by atoms with Gasteiger partial charge < -0.3 is 10.0 Å². The summed E-state index contributed by atoms with van der Waals surface area (Å²) in [6.45, 7) is 5.46. The zero-order valence-electron chi connectivity index (χ0n) is 13.9. The Morgan fingerprint density at radius 2 is 1.96 bits per heavy atom. The number of benzene rings is 1. The van der Waals surface area contributed by atoms with Crippen LogP contribution >= 0.6 is 0 Å². The van der Waals surface area contributed by atoms with Gasteiger partial charge in [-0.15, -0.1) is 0 Å². The van der Waals surface area contributed by atoms with Gasteiger partial charge in [-0.05, 0) is 45.0 Å². The van der Waals surface area contributed by atoms with Gasteiger partial charge in [-0.2, -0.15) is 5.10 Å². The van der Waals surface area contributed by atoms with Crippen molar-refractivity contribution in [2.24, 2.45) is 0 Å². The van der Waals surface area contributed by atoms with Crippen LogP contribution in [-0.4, -0.2) is 45.4 Å². The summed E-state index contributed by atoms with van der Waals surface area (Å²) in [6, 6.07) is 5.84. The average molecular weight is 319 g/mol. The second kappa shape index (κ2) is 6.91. The first-order valence-corrected chi connectivity index (χ1v) is 7.52. The molecule has 1 aromatic carbocycles. The van der Waals surface area contributed by atoms with Gasteiger partial charge in [0.15, 0.2) is 0 Å². The molecular formula is C17H22FN3O2. The number of aryl methyl sites for hydroxylation is 1. The number of hydrogen-bond acceptors (Lipinski definition) is 3. The van der Waals surface area contributed by atoms with Crippen LogP contribution in [0, 0.1) is 19.7 Å². The van der Waals surface area contributed by atoms with Crippen LogP contribution < -0.4 is 0 Å². The first-order valence-electron chi connectivity index (χ1n) is 7.52. The fourth-order valence-corrected chi connectivity index (χ4v) is 2.41. The first kappa shape index (κ1) is 17.1. The van der Waals surface area contributed by atoms with Gasteiger partial charge in [0.05, 0.1) is 30.5 Å². The molecule has 5 nitrogen and oxygen atoms in total. The third-order valence-electron chi connectivity index (χ3n) is 4.16. The van der Waals surface area contributed by atoms with E-state index in [-0.39, 0.29) is 30.8 Å². The van der Waals surface area contributed by atoms with Crippen LogP contribution in [0.25, 0.3) is 5.69 Å². The van der Waals surface area contributed by atoms with E-state index in [1.54, 1.807) is 30.8 Å². The van der Waals surface area contributed by atoms with E-state index in [4.69, 9.17) is 5.11 Å². The monoisotopic (exact) mass is 319 g/mol. The van der Waals surface area contributed by atoms with Gasteiger partial charge in [0.1, 0.15) is 5.82 Å². The predicted molar refractivity (Wildman–Crippen MR) is 86.0 cm³/mol. The minimum absolute atomic E-state index is 0.0728. The second-order valence-corrected chi connectivity index (χ2v) is 5.75. The highest BCUT2D eigenvalue weighted by atomic mass is 19.1. The topological polar surface area (TPSA) is 58.4 Å². The van der Waals surface area contributed by atoms with Gasteiger partial charge in [0.25, 0.3) is 0 Å². The van der Waals surface area contributed by atoms with Crippen molar-refractivity contribution in [1.82, 2.24) is 14.7 Å². The largest absolute Gasteiger partial charge is 0.394 e. The summed E-state index contributed by atoms with van der Waals surface area (Å²) in [5.41, 5.74) is 3.23. The van der Waals surface area contributed by atoms with E-state index in [0.29, 0.717) is 0 Å². The number of hydrogen-bond donors (Lipinski definition) is 1. The number of likely N-dealkylation sites (N-methyl/N-ethyl adjacent to an activating group) is 1. The van der Waals surface area contributed by atoms with E-state index >= 15 is 0 Å². The minimum atomic E-state index is -0.301. The maximum Gasteiger partial charge on any atom is 0.227 e. The number of aliphatic hydroxyl groups excluding tert-OH is 1. The van der Waals surface area contributed by atoms with Gasteiger partial charge in [-0.3, -0.25) is 4.79 Å². The molecule has 0 fully saturated rings. The number of rotatable bonds is 5. The van der Waals surface area contributed by atoms with Crippen molar-refractivity contribution >= 4 is 5.91 Å². The van der Waals surface area contributed by atoms with Crippen LogP contribution in [0.5, 0.6) is 0 Å². The van der Waals surface area contributed by atoms with Crippen molar-refractivity contribution in [3.63, 3.8) is 0 Å². The molecule has 1 aromatic heterocycles. The summed E-state index contributed by atoms with van der Waals surface area (Å²) in [6.07, 6.45) is 0.222. The molecule has 1 atom stereocenters. The molecule has 2 aromatic rings. The van der Waals surface area contributed by atoms with E-state index in [9.17, 15) is 9.18 Å². The van der Waals surface area contributed by atoms with Crippen molar-refractivity contribution < 1.29 is 14.3 Å². The molecule has 0 aliphatic heterocycles. The minimum Gasteiger partial charge on any atom is -0.394 e. The molecule has 1 amide bonds. The van der Waals surface area contributed by atoms with Gasteiger partial charge in [-0.1, -0.05) is 0 Å². The Morgan fingerprint density at radius 3 is 2.52 bits per heavy atom. The van der Waals surface area contributed by atoms with Gasteiger partial charge in [0.2, 0.25) is 5.91 Å². The molecule has 124 valence electrons. The second-order valence-electron chi connectivity index (χ2n) is 5.75. The lowest BCUT2D eigenvalue weighted by atomic mass is 10.1. The van der Waals surface area contributed by atoms with Crippen LogP contribution in [0.1, 0.15) is 23.9 Å². The summed E-state index contributed by atoms with van der Waals surface area (Å²) in [5, 5.41) is 13.6. The molecule has 0 spiro atoms. The molecule has 0 aliphatic rings. The molecule has 0 radical (unpaired) electrons. The molecule has 1 unspecified atom stereocenters. The number of nitrogens with zero attached hydrogens (tertiary/aromatic N) is 3. The molecule has 0 aliphatic carbocycles. The van der Waals surface area contributed by atoms with E-state index in [0.717, 1.165) is 22.6 Å². The van der Waals surface area contributed by atoms with Crippen molar-refractivity contribution in [1.29, 1.82) is 0 Å². The van der Waals surface area contributed by atoms with Crippen LogP contribution in [0.4, 0.5) is 4.39 Å². The number of carbonyl (C=O) groups excluding carboxylic acids is 1. The van der Waals surface area contributed by atoms with Gasteiger partial charge >= 0.3 is 0 Å². The van der Waals surface area contributed by atoms with Crippen LogP contribution in [-0.2, 0) is 11.2 Å². The molecule has 23 heavy (non-hydrogen) atoms. The van der Waals surface area contributed by atoms with E-state index < -0.39 is 0 Å². The normalized spacial score (nSPS) is 12.3. The number of halogens is 1. The Bertz CT molecular complexity index is 695. The van der Waals surface area contributed by atoms with Crippen LogP contribution in [0.15, 0.2) is 24.3 Å². The number of aliphatic hydroxyl groups is 1. The standard InChI is InChI=1S/C17H22FN3O2/c1-11(10-22)20(4)17(23)9-16-12(2)19-21(13(16)3)15-7-5-14(18)6-8-15/h5-8,11,22H,9-10H2,1-4H3. The summed E-state index contributed by atoms with van der Waals surface area (Å²) in [5.74, 6) is -0.373. The highest BCUT2D eigenvalue weighted by Crippen LogP contribution is 2.19. The average Bonchev–Trinajstić information content (AvgIpc) is 2.82. The Labute approximate surface area is 135 Å². The van der Waals surface area contributed by atoms with Crippen molar-refractivity contribution in [2.75, 3.05) is 13.7 Å². The molecule has 1 heterocycles. The lowest BCUT2D eigenvalue weighted by Crippen LogP contribution is -2.38. The Hall–Kier alpha value is -2.21. The lowest BCUT2D eigenvalue weighted by molar-refractivity contribution is -0.131. The number of amides is 1. The van der Waals surface area contributed by atoms with Crippen LogP contribution in [0.2, 0.25) is 0 Å². The Morgan fingerprint density at radius 1 is 1.35 bits per heavy atom. The summed E-state index contributed by atoms with van der Waals surface area (Å²) >= 11 is 0. The molecule has 1 N–H and O–H groups in total. The van der Waals surface area contributed by atoms with Crippen LogP contribution in [0.3, 0.4) is 0 Å². The fraction of sp³-hybridized carbons (Fsp3) is 0.412. The van der Waals surface area contributed by atoms with Crippen molar-refractivity contribution in [3.05, 3.63) is 47.0 Å². The molecule has 0 bridgehead atoms. The lowest BCUT2D eigenvalue weighted by Gasteiger charge is -2.23. The molecule has 2 rings (SSSR count). The Kier molecular flexibility index (Phi) is 5.15. The zero-order valence-corrected chi connectivity index (χ0v) is 13.9. The summed E-state index contributed by atoms with van der Waals surface area (Å²) in [7, 11) is 1.68.